The quantitative estimate of drug-likeness (QED) is 0.746. The fraction of sp³-hybridized carbons (Fsp3) is 0.538. The monoisotopic (exact) mass is 205 g/mol. The first-order valence-corrected chi connectivity index (χ1v) is 5.86. The molecule has 1 fully saturated rings. The molecule has 2 nitrogen and oxygen atoms in total. The fourth-order valence-electron chi connectivity index (χ4n) is 2.08. The van der Waals surface area contributed by atoms with Crippen molar-refractivity contribution >= 4 is 0 Å². The maximum absolute atomic E-state index is 5.60. The van der Waals surface area contributed by atoms with Crippen LogP contribution < -0.4 is 10.1 Å². The highest BCUT2D eigenvalue weighted by atomic mass is 16.5. The lowest BCUT2D eigenvalue weighted by atomic mass is 10.2. The van der Waals surface area contributed by atoms with Crippen LogP contribution >= 0.6 is 0 Å². The van der Waals surface area contributed by atoms with Crippen LogP contribution in [0.3, 0.4) is 0 Å². The lowest BCUT2D eigenvalue weighted by molar-refractivity contribution is 0.305. The molecule has 0 atom stereocenters. The summed E-state index contributed by atoms with van der Waals surface area (Å²) >= 11 is 0. The highest BCUT2D eigenvalue weighted by Gasteiger charge is 2.13. The molecule has 0 bridgehead atoms. The Balaban J connectivity index is 1.59. The molecule has 0 spiro atoms. The van der Waals surface area contributed by atoms with Crippen molar-refractivity contribution in [2.45, 2.75) is 31.7 Å². The molecule has 0 saturated heterocycles. The summed E-state index contributed by atoms with van der Waals surface area (Å²) in [5.74, 6) is 0.964. The van der Waals surface area contributed by atoms with E-state index in [4.69, 9.17) is 4.74 Å². The van der Waals surface area contributed by atoms with Crippen molar-refractivity contribution in [3.8, 4) is 5.75 Å². The zero-order chi connectivity index (χ0) is 10.3. The van der Waals surface area contributed by atoms with Gasteiger partial charge in [-0.25, -0.2) is 0 Å². The molecule has 82 valence electrons. The predicted molar refractivity (Wildman–Crippen MR) is 62.2 cm³/mol. The van der Waals surface area contributed by atoms with Gasteiger partial charge in [-0.15, -0.1) is 0 Å². The topological polar surface area (TPSA) is 21.3 Å². The number of rotatable bonds is 5. The zero-order valence-corrected chi connectivity index (χ0v) is 9.11. The Bertz CT molecular complexity index is 267. The summed E-state index contributed by atoms with van der Waals surface area (Å²) in [7, 11) is 0. The summed E-state index contributed by atoms with van der Waals surface area (Å²) < 4.78 is 5.60. The first-order chi connectivity index (χ1) is 7.45. The molecule has 1 aromatic rings. The van der Waals surface area contributed by atoms with Gasteiger partial charge >= 0.3 is 0 Å². The minimum Gasteiger partial charge on any atom is -0.492 e. The van der Waals surface area contributed by atoms with Crippen LogP contribution in [0.5, 0.6) is 5.75 Å². The Morgan fingerprint density at radius 2 is 1.87 bits per heavy atom. The molecule has 0 radical (unpaired) electrons. The van der Waals surface area contributed by atoms with E-state index in [0.29, 0.717) is 0 Å². The van der Waals surface area contributed by atoms with Crippen LogP contribution in [0.4, 0.5) is 0 Å². The van der Waals surface area contributed by atoms with Crippen molar-refractivity contribution in [3.05, 3.63) is 30.3 Å². The number of para-hydroxylation sites is 1. The number of nitrogens with one attached hydrogen (secondary N) is 1. The van der Waals surface area contributed by atoms with E-state index in [9.17, 15) is 0 Å². The van der Waals surface area contributed by atoms with Gasteiger partial charge in [-0.05, 0) is 25.0 Å². The molecule has 0 unspecified atom stereocenters. The van der Waals surface area contributed by atoms with Gasteiger partial charge in [0.2, 0.25) is 0 Å². The SMILES string of the molecule is c1ccc(OCCNC2CCCC2)cc1. The summed E-state index contributed by atoms with van der Waals surface area (Å²) in [5, 5.41) is 3.53. The molecule has 1 aromatic carbocycles. The van der Waals surface area contributed by atoms with Crippen LogP contribution in [0.2, 0.25) is 0 Å². The van der Waals surface area contributed by atoms with Crippen molar-refractivity contribution < 1.29 is 4.74 Å². The molecule has 1 aliphatic rings. The van der Waals surface area contributed by atoms with Gasteiger partial charge in [0, 0.05) is 12.6 Å². The fourth-order valence-corrected chi connectivity index (χ4v) is 2.08. The van der Waals surface area contributed by atoms with E-state index in [2.05, 4.69) is 5.32 Å². The largest absolute Gasteiger partial charge is 0.492 e. The smallest absolute Gasteiger partial charge is 0.119 e. The van der Waals surface area contributed by atoms with Gasteiger partial charge in [-0.1, -0.05) is 31.0 Å². The first-order valence-electron chi connectivity index (χ1n) is 5.86. The van der Waals surface area contributed by atoms with E-state index in [1.54, 1.807) is 0 Å². The number of hydrogen-bond donors (Lipinski definition) is 1. The average Bonchev–Trinajstić information content (AvgIpc) is 2.79. The Hall–Kier alpha value is -1.02. The van der Waals surface area contributed by atoms with Crippen molar-refractivity contribution in [3.63, 3.8) is 0 Å². The van der Waals surface area contributed by atoms with Gasteiger partial charge < -0.3 is 10.1 Å². The molecular formula is C13H19NO. The molecule has 0 heterocycles. The van der Waals surface area contributed by atoms with E-state index in [0.717, 1.165) is 24.9 Å². The summed E-state index contributed by atoms with van der Waals surface area (Å²) in [6.45, 7) is 1.72. The minimum absolute atomic E-state index is 0.740. The van der Waals surface area contributed by atoms with Crippen LogP contribution in [0.1, 0.15) is 25.7 Å². The summed E-state index contributed by atoms with van der Waals surface area (Å²) in [4.78, 5) is 0. The molecule has 1 saturated carbocycles. The van der Waals surface area contributed by atoms with Crippen LogP contribution in [0.25, 0.3) is 0 Å². The molecule has 0 amide bonds. The maximum atomic E-state index is 5.60. The lowest BCUT2D eigenvalue weighted by Crippen LogP contribution is -2.30. The van der Waals surface area contributed by atoms with Crippen LogP contribution in [-0.2, 0) is 0 Å². The Morgan fingerprint density at radius 3 is 2.60 bits per heavy atom. The first kappa shape index (κ1) is 10.5. The predicted octanol–water partition coefficient (Wildman–Crippen LogP) is 2.60. The van der Waals surface area contributed by atoms with Gasteiger partial charge in [0.1, 0.15) is 12.4 Å². The van der Waals surface area contributed by atoms with Gasteiger partial charge in [0.25, 0.3) is 0 Å². The third-order valence-corrected chi connectivity index (χ3v) is 2.90. The summed E-state index contributed by atoms with van der Waals surface area (Å²) in [5.41, 5.74) is 0. The van der Waals surface area contributed by atoms with Crippen molar-refractivity contribution in [1.82, 2.24) is 5.32 Å². The van der Waals surface area contributed by atoms with Crippen LogP contribution in [0, 0.1) is 0 Å². The molecule has 1 N–H and O–H groups in total. The van der Waals surface area contributed by atoms with Gasteiger partial charge in [-0.3, -0.25) is 0 Å². The third-order valence-electron chi connectivity index (χ3n) is 2.90. The van der Waals surface area contributed by atoms with Crippen molar-refractivity contribution in [2.75, 3.05) is 13.2 Å². The number of hydrogen-bond acceptors (Lipinski definition) is 2. The van der Waals surface area contributed by atoms with Crippen LogP contribution in [-0.4, -0.2) is 19.2 Å². The number of ether oxygens (including phenoxy) is 1. The molecule has 0 aliphatic heterocycles. The van der Waals surface area contributed by atoms with Crippen molar-refractivity contribution in [2.24, 2.45) is 0 Å². The second-order valence-electron chi connectivity index (χ2n) is 4.10. The van der Waals surface area contributed by atoms with E-state index >= 15 is 0 Å². The normalized spacial score (nSPS) is 16.8. The van der Waals surface area contributed by atoms with Crippen molar-refractivity contribution in [1.29, 1.82) is 0 Å². The van der Waals surface area contributed by atoms with E-state index < -0.39 is 0 Å². The minimum atomic E-state index is 0.740. The van der Waals surface area contributed by atoms with Gasteiger partial charge in [0.15, 0.2) is 0 Å². The molecule has 1 aliphatic carbocycles. The third kappa shape index (κ3) is 3.56. The molecule has 0 aromatic heterocycles. The van der Waals surface area contributed by atoms with Gasteiger partial charge in [-0.2, -0.15) is 0 Å². The number of benzene rings is 1. The second-order valence-corrected chi connectivity index (χ2v) is 4.10. The molecular weight excluding hydrogens is 186 g/mol. The standard InChI is InChI=1S/C13H19NO/c1-2-8-13(9-3-1)15-11-10-14-12-6-4-5-7-12/h1-3,8-9,12,14H,4-7,10-11H2. The Kier molecular flexibility index (Phi) is 4.03. The van der Waals surface area contributed by atoms with Crippen LogP contribution in [0.15, 0.2) is 30.3 Å². The Morgan fingerprint density at radius 1 is 1.13 bits per heavy atom. The maximum Gasteiger partial charge on any atom is 0.119 e. The summed E-state index contributed by atoms with van der Waals surface area (Å²) in [6.07, 6.45) is 5.45. The van der Waals surface area contributed by atoms with E-state index in [1.165, 1.54) is 25.7 Å². The zero-order valence-electron chi connectivity index (χ0n) is 9.11. The lowest BCUT2D eigenvalue weighted by Gasteiger charge is -2.12. The highest BCUT2D eigenvalue weighted by molar-refractivity contribution is 5.20. The molecule has 2 rings (SSSR count). The average molecular weight is 205 g/mol. The highest BCUT2D eigenvalue weighted by Crippen LogP contribution is 2.17. The molecule has 2 heteroatoms. The molecule has 15 heavy (non-hydrogen) atoms. The Labute approximate surface area is 91.6 Å². The van der Waals surface area contributed by atoms with E-state index in [1.807, 2.05) is 30.3 Å². The van der Waals surface area contributed by atoms with E-state index in [-0.39, 0.29) is 0 Å². The van der Waals surface area contributed by atoms with Gasteiger partial charge in [0.05, 0.1) is 0 Å². The second kappa shape index (κ2) is 5.76. The summed E-state index contributed by atoms with van der Waals surface area (Å²) in [6, 6.07) is 10.7.